The van der Waals surface area contributed by atoms with Crippen LogP contribution in [0.15, 0.2) is 36.0 Å². The lowest BCUT2D eigenvalue weighted by atomic mass is 9.89. The van der Waals surface area contributed by atoms with E-state index in [1.54, 1.807) is 6.20 Å². The number of fused-ring (bicyclic) bond motifs is 2. The molecule has 0 atom stereocenters. The molecule has 2 heterocycles. The molecule has 1 aliphatic heterocycles. The van der Waals surface area contributed by atoms with Gasteiger partial charge < -0.3 is 5.32 Å². The van der Waals surface area contributed by atoms with Gasteiger partial charge in [-0.2, -0.15) is 0 Å². The summed E-state index contributed by atoms with van der Waals surface area (Å²) in [6.45, 7) is 2.06. The number of halogens is 2. The minimum absolute atomic E-state index is 0.711. The van der Waals surface area contributed by atoms with Crippen molar-refractivity contribution in [2.45, 2.75) is 25.7 Å². The number of benzene rings is 1. The summed E-state index contributed by atoms with van der Waals surface area (Å²) >= 11 is 12.4. The van der Waals surface area contributed by atoms with Crippen LogP contribution >= 0.6 is 23.2 Å². The van der Waals surface area contributed by atoms with Crippen molar-refractivity contribution in [2.24, 2.45) is 0 Å². The fraction of sp³-hybridized carbons (Fsp3) is 0.316. The molecular formula is C19H18Cl2N2. The monoisotopic (exact) mass is 344 g/mol. The third-order valence-corrected chi connectivity index (χ3v) is 5.17. The lowest BCUT2D eigenvalue weighted by Crippen LogP contribution is -2.24. The van der Waals surface area contributed by atoms with Crippen LogP contribution in [0.3, 0.4) is 0 Å². The van der Waals surface area contributed by atoms with Gasteiger partial charge in [-0.3, -0.25) is 4.98 Å². The van der Waals surface area contributed by atoms with Crippen LogP contribution in [0.1, 0.15) is 35.2 Å². The van der Waals surface area contributed by atoms with Crippen LogP contribution in [0.25, 0.3) is 5.57 Å². The first-order chi connectivity index (χ1) is 11.2. The maximum Gasteiger partial charge on any atom is 0.0740 e. The molecule has 2 aromatic rings. The Morgan fingerprint density at radius 3 is 2.43 bits per heavy atom. The summed E-state index contributed by atoms with van der Waals surface area (Å²) in [6.07, 6.45) is 5.83. The van der Waals surface area contributed by atoms with Crippen molar-refractivity contribution >= 4 is 28.8 Å². The van der Waals surface area contributed by atoms with E-state index >= 15 is 0 Å². The fourth-order valence-corrected chi connectivity index (χ4v) is 4.02. The Morgan fingerprint density at radius 1 is 0.870 bits per heavy atom. The van der Waals surface area contributed by atoms with E-state index in [1.165, 1.54) is 27.8 Å². The Balaban J connectivity index is 1.98. The summed E-state index contributed by atoms with van der Waals surface area (Å²) in [6, 6.07) is 8.32. The molecule has 0 radical (unpaired) electrons. The number of piperidine rings is 1. The molecule has 2 nitrogen and oxygen atoms in total. The predicted molar refractivity (Wildman–Crippen MR) is 96.2 cm³/mol. The van der Waals surface area contributed by atoms with Crippen molar-refractivity contribution in [1.29, 1.82) is 0 Å². The number of aryl methyl sites for hydroxylation is 2. The summed E-state index contributed by atoms with van der Waals surface area (Å²) in [5.74, 6) is 0. The third-order valence-electron chi connectivity index (χ3n) is 4.73. The van der Waals surface area contributed by atoms with E-state index in [9.17, 15) is 0 Å². The largest absolute Gasteiger partial charge is 0.316 e. The third kappa shape index (κ3) is 2.91. The van der Waals surface area contributed by atoms with Crippen molar-refractivity contribution in [2.75, 3.05) is 13.1 Å². The zero-order chi connectivity index (χ0) is 15.8. The molecule has 0 amide bonds. The quantitative estimate of drug-likeness (QED) is 0.750. The molecule has 2 aliphatic rings. The molecule has 4 heteroatoms. The van der Waals surface area contributed by atoms with Crippen molar-refractivity contribution in [3.05, 3.63) is 68.5 Å². The molecule has 0 unspecified atom stereocenters. The molecule has 1 N–H and O–H groups in total. The van der Waals surface area contributed by atoms with Crippen LogP contribution in [0.2, 0.25) is 10.0 Å². The second-order valence-corrected chi connectivity index (χ2v) is 7.06. The number of rotatable bonds is 0. The molecule has 0 saturated carbocycles. The first-order valence-corrected chi connectivity index (χ1v) is 8.84. The number of nitrogens with zero attached hydrogens (tertiary/aromatic N) is 1. The molecule has 0 bridgehead atoms. The maximum absolute atomic E-state index is 6.24. The average molecular weight is 345 g/mol. The van der Waals surface area contributed by atoms with Crippen LogP contribution in [0, 0.1) is 0 Å². The van der Waals surface area contributed by atoms with Gasteiger partial charge in [0.05, 0.1) is 10.7 Å². The van der Waals surface area contributed by atoms with Gasteiger partial charge in [0.1, 0.15) is 0 Å². The summed E-state index contributed by atoms with van der Waals surface area (Å²) in [7, 11) is 0. The van der Waals surface area contributed by atoms with Gasteiger partial charge in [-0.1, -0.05) is 34.8 Å². The van der Waals surface area contributed by atoms with Gasteiger partial charge in [0.25, 0.3) is 0 Å². The van der Waals surface area contributed by atoms with E-state index in [2.05, 4.69) is 23.5 Å². The Hall–Kier alpha value is -1.35. The first kappa shape index (κ1) is 15.2. The van der Waals surface area contributed by atoms with Crippen LogP contribution in [-0.4, -0.2) is 18.1 Å². The highest BCUT2D eigenvalue weighted by molar-refractivity contribution is 6.31. The molecule has 1 fully saturated rings. The second-order valence-electron chi connectivity index (χ2n) is 6.19. The molecule has 1 aromatic heterocycles. The number of aromatic nitrogens is 1. The van der Waals surface area contributed by atoms with E-state index in [-0.39, 0.29) is 0 Å². The average Bonchev–Trinajstić information content (AvgIpc) is 2.72. The van der Waals surface area contributed by atoms with Gasteiger partial charge in [-0.25, -0.2) is 0 Å². The molecule has 1 aliphatic carbocycles. The lowest BCUT2D eigenvalue weighted by molar-refractivity contribution is 0.611. The van der Waals surface area contributed by atoms with Crippen molar-refractivity contribution < 1.29 is 0 Å². The molecule has 118 valence electrons. The van der Waals surface area contributed by atoms with Gasteiger partial charge in [-0.05, 0) is 73.7 Å². The van der Waals surface area contributed by atoms with E-state index < -0.39 is 0 Å². The van der Waals surface area contributed by atoms with Crippen molar-refractivity contribution in [1.82, 2.24) is 10.3 Å². The molecule has 4 rings (SSSR count). The van der Waals surface area contributed by atoms with E-state index in [1.807, 2.05) is 6.07 Å². The van der Waals surface area contributed by atoms with Gasteiger partial charge in [0, 0.05) is 16.8 Å². The SMILES string of the molecule is Clc1ccc2c(c1)CCc1cc(Cl)cnc1C2=C1CCNCC1. The standard InChI is InChI=1S/C19H18Cl2N2/c20-15-3-4-17-13(9-15)1-2-14-10-16(21)11-23-19(14)18(17)12-5-7-22-8-6-12/h3-4,9-11,22H,1-2,5-8H2. The summed E-state index contributed by atoms with van der Waals surface area (Å²) in [5.41, 5.74) is 7.75. The molecular weight excluding hydrogens is 327 g/mol. The van der Waals surface area contributed by atoms with Gasteiger partial charge in [0.15, 0.2) is 0 Å². The zero-order valence-corrected chi connectivity index (χ0v) is 14.3. The minimum atomic E-state index is 0.711. The Labute approximate surface area is 146 Å². The maximum atomic E-state index is 6.24. The smallest absolute Gasteiger partial charge is 0.0740 e. The fourth-order valence-electron chi connectivity index (χ4n) is 3.64. The summed E-state index contributed by atoms with van der Waals surface area (Å²) in [5, 5.41) is 4.95. The lowest BCUT2D eigenvalue weighted by Gasteiger charge is -2.22. The minimum Gasteiger partial charge on any atom is -0.316 e. The number of pyridine rings is 1. The molecule has 1 saturated heterocycles. The predicted octanol–water partition coefficient (Wildman–Crippen LogP) is 4.67. The summed E-state index contributed by atoms with van der Waals surface area (Å²) in [4.78, 5) is 4.71. The Bertz CT molecular complexity index is 732. The number of hydrogen-bond donors (Lipinski definition) is 1. The van der Waals surface area contributed by atoms with Crippen LogP contribution in [0.4, 0.5) is 0 Å². The normalized spacial score (nSPS) is 17.5. The number of hydrogen-bond acceptors (Lipinski definition) is 2. The highest BCUT2D eigenvalue weighted by Crippen LogP contribution is 2.38. The topological polar surface area (TPSA) is 24.9 Å². The molecule has 1 aromatic carbocycles. The van der Waals surface area contributed by atoms with E-state index in [0.717, 1.165) is 49.5 Å². The summed E-state index contributed by atoms with van der Waals surface area (Å²) < 4.78 is 0. The first-order valence-electron chi connectivity index (χ1n) is 8.09. The number of nitrogens with one attached hydrogen (secondary N) is 1. The second kappa shape index (κ2) is 6.27. The Kier molecular flexibility index (Phi) is 4.14. The molecule has 0 spiro atoms. The van der Waals surface area contributed by atoms with Crippen LogP contribution in [0.5, 0.6) is 0 Å². The van der Waals surface area contributed by atoms with Crippen LogP contribution < -0.4 is 5.32 Å². The van der Waals surface area contributed by atoms with Crippen molar-refractivity contribution in [3.8, 4) is 0 Å². The zero-order valence-electron chi connectivity index (χ0n) is 12.8. The van der Waals surface area contributed by atoms with Gasteiger partial charge in [-0.15, -0.1) is 0 Å². The Morgan fingerprint density at radius 2 is 1.61 bits per heavy atom. The molecule has 23 heavy (non-hydrogen) atoms. The van der Waals surface area contributed by atoms with Gasteiger partial charge >= 0.3 is 0 Å². The van der Waals surface area contributed by atoms with Gasteiger partial charge in [0.2, 0.25) is 0 Å². The van der Waals surface area contributed by atoms with Crippen LogP contribution in [-0.2, 0) is 12.8 Å². The highest BCUT2D eigenvalue weighted by Gasteiger charge is 2.23. The highest BCUT2D eigenvalue weighted by atomic mass is 35.5. The van der Waals surface area contributed by atoms with E-state index in [4.69, 9.17) is 28.2 Å². The van der Waals surface area contributed by atoms with Crippen molar-refractivity contribution in [3.63, 3.8) is 0 Å². The van der Waals surface area contributed by atoms with E-state index in [0.29, 0.717) is 5.02 Å².